The number of hydrogen-bond acceptors (Lipinski definition) is 4. The third-order valence-electron chi connectivity index (χ3n) is 1.59. The van der Waals surface area contributed by atoms with E-state index in [1.54, 1.807) is 18.2 Å². The Bertz CT molecular complexity index is 546. The highest BCUT2D eigenvalue weighted by Gasteiger charge is 2.04. The Kier molecular flexibility index (Phi) is 1.58. The summed E-state index contributed by atoms with van der Waals surface area (Å²) >= 11 is 0. The highest BCUT2D eigenvalue weighted by atomic mass is 16.4. The van der Waals surface area contributed by atoms with Gasteiger partial charge in [0, 0.05) is 0 Å². The second-order valence-electron chi connectivity index (χ2n) is 2.37. The number of aromatic nitrogens is 1. The van der Waals surface area contributed by atoms with Crippen LogP contribution in [0.25, 0.3) is 11.1 Å². The molecule has 0 fully saturated rings. The van der Waals surface area contributed by atoms with Gasteiger partial charge in [0.2, 0.25) is 6.08 Å². The second-order valence-corrected chi connectivity index (χ2v) is 2.37. The van der Waals surface area contributed by atoms with Crippen molar-refractivity contribution in [3.63, 3.8) is 0 Å². The van der Waals surface area contributed by atoms with Crippen molar-refractivity contribution in [2.45, 2.75) is 0 Å². The van der Waals surface area contributed by atoms with Gasteiger partial charge in [0.1, 0.15) is 5.69 Å². The van der Waals surface area contributed by atoms with Crippen LogP contribution in [0.3, 0.4) is 0 Å². The second kappa shape index (κ2) is 2.73. The van der Waals surface area contributed by atoms with E-state index < -0.39 is 5.76 Å². The number of nitrogens with one attached hydrogen (secondary N) is 1. The zero-order valence-electron chi connectivity index (χ0n) is 6.40. The molecule has 0 saturated carbocycles. The largest absolute Gasteiger partial charge is 0.417 e. The fourth-order valence-electron chi connectivity index (χ4n) is 1.10. The average molecular weight is 176 g/mol. The number of rotatable bonds is 1. The van der Waals surface area contributed by atoms with Crippen molar-refractivity contribution in [3.8, 4) is 0 Å². The number of benzene rings is 1. The van der Waals surface area contributed by atoms with Crippen LogP contribution >= 0.6 is 0 Å². The third kappa shape index (κ3) is 1.17. The third-order valence-corrected chi connectivity index (χ3v) is 1.59. The number of isocyanates is 1. The first-order valence-corrected chi connectivity index (χ1v) is 3.51. The van der Waals surface area contributed by atoms with Crippen molar-refractivity contribution in [2.24, 2.45) is 4.99 Å². The van der Waals surface area contributed by atoms with Crippen molar-refractivity contribution < 1.29 is 9.21 Å². The molecule has 5 nitrogen and oxygen atoms in total. The Morgan fingerprint density at radius 3 is 3.08 bits per heavy atom. The first kappa shape index (κ1) is 7.52. The molecule has 1 N–H and O–H groups in total. The molecule has 0 atom stereocenters. The van der Waals surface area contributed by atoms with Crippen molar-refractivity contribution >= 4 is 22.9 Å². The lowest BCUT2D eigenvalue weighted by molar-refractivity contribution is 0.554. The molecule has 0 bridgehead atoms. The molecule has 13 heavy (non-hydrogen) atoms. The first-order valence-electron chi connectivity index (χ1n) is 3.51. The Balaban J connectivity index is 2.89. The maximum absolute atomic E-state index is 10.8. The van der Waals surface area contributed by atoms with Gasteiger partial charge in [-0.25, -0.2) is 9.59 Å². The molecule has 0 saturated heterocycles. The summed E-state index contributed by atoms with van der Waals surface area (Å²) in [5.74, 6) is -0.566. The summed E-state index contributed by atoms with van der Waals surface area (Å²) < 4.78 is 4.77. The molecule has 1 aromatic carbocycles. The summed E-state index contributed by atoms with van der Waals surface area (Å²) in [5.41, 5.74) is 1.09. The number of H-pyrrole nitrogens is 1. The van der Waals surface area contributed by atoms with Crippen LogP contribution in [-0.4, -0.2) is 11.1 Å². The van der Waals surface area contributed by atoms with Crippen molar-refractivity contribution in [1.82, 2.24) is 4.98 Å². The minimum Gasteiger partial charge on any atom is -0.405 e. The summed E-state index contributed by atoms with van der Waals surface area (Å²) in [6.45, 7) is 0. The maximum Gasteiger partial charge on any atom is 0.417 e. The molecule has 0 unspecified atom stereocenters. The molecule has 64 valence electrons. The van der Waals surface area contributed by atoms with Crippen LogP contribution in [0.2, 0.25) is 0 Å². The average Bonchev–Trinajstić information content (AvgIpc) is 2.47. The number of nitrogens with zero attached hydrogens (tertiary/aromatic N) is 1. The number of aliphatic imine (C=N–C) groups is 1. The monoisotopic (exact) mass is 176 g/mol. The quantitative estimate of drug-likeness (QED) is 0.521. The van der Waals surface area contributed by atoms with Crippen molar-refractivity contribution in [2.75, 3.05) is 0 Å². The lowest BCUT2D eigenvalue weighted by Crippen LogP contribution is -1.92. The highest BCUT2D eigenvalue weighted by Crippen LogP contribution is 2.22. The van der Waals surface area contributed by atoms with E-state index in [0.29, 0.717) is 11.2 Å². The molecular formula is C8H4N2O3. The van der Waals surface area contributed by atoms with Crippen LogP contribution in [0.5, 0.6) is 0 Å². The van der Waals surface area contributed by atoms with Crippen LogP contribution in [-0.2, 0) is 4.79 Å². The van der Waals surface area contributed by atoms with E-state index in [1.165, 1.54) is 6.08 Å². The van der Waals surface area contributed by atoms with Crippen LogP contribution in [0.15, 0.2) is 32.4 Å². The predicted molar refractivity (Wildman–Crippen MR) is 44.6 cm³/mol. The van der Waals surface area contributed by atoms with Gasteiger partial charge in [-0.15, -0.1) is 0 Å². The first-order chi connectivity index (χ1) is 6.31. The molecule has 1 aromatic heterocycles. The number of oxazole rings is 1. The summed E-state index contributed by atoms with van der Waals surface area (Å²) in [7, 11) is 0. The van der Waals surface area contributed by atoms with E-state index in [4.69, 9.17) is 4.42 Å². The van der Waals surface area contributed by atoms with Crippen LogP contribution in [0.1, 0.15) is 0 Å². The lowest BCUT2D eigenvalue weighted by Gasteiger charge is -1.88. The molecule has 0 spiro atoms. The molecule has 2 aromatic rings. The highest BCUT2D eigenvalue weighted by molar-refractivity contribution is 5.84. The van der Waals surface area contributed by atoms with E-state index in [9.17, 15) is 9.59 Å². The van der Waals surface area contributed by atoms with Gasteiger partial charge in [-0.2, -0.15) is 4.99 Å². The molecule has 0 amide bonds. The van der Waals surface area contributed by atoms with Gasteiger partial charge in [-0.1, -0.05) is 6.07 Å². The molecule has 0 aliphatic carbocycles. The summed E-state index contributed by atoms with van der Waals surface area (Å²) in [6, 6.07) is 4.87. The van der Waals surface area contributed by atoms with Crippen molar-refractivity contribution in [3.05, 3.63) is 28.7 Å². The summed E-state index contributed by atoms with van der Waals surface area (Å²) in [6.07, 6.45) is 1.38. The van der Waals surface area contributed by atoms with E-state index in [-0.39, 0.29) is 5.58 Å². The summed E-state index contributed by atoms with van der Waals surface area (Å²) in [5, 5.41) is 0. The smallest absolute Gasteiger partial charge is 0.405 e. The topological polar surface area (TPSA) is 75.4 Å². The fourth-order valence-corrected chi connectivity index (χ4v) is 1.10. The molecular weight excluding hydrogens is 172 g/mol. The van der Waals surface area contributed by atoms with Crippen LogP contribution < -0.4 is 5.76 Å². The Morgan fingerprint density at radius 2 is 2.31 bits per heavy atom. The van der Waals surface area contributed by atoms with E-state index >= 15 is 0 Å². The molecule has 0 aliphatic heterocycles. The maximum atomic E-state index is 10.8. The van der Waals surface area contributed by atoms with Gasteiger partial charge in [-0.3, -0.25) is 4.98 Å². The number of aromatic amines is 1. The molecule has 0 aliphatic rings. The van der Waals surface area contributed by atoms with E-state index in [1.807, 2.05) is 0 Å². The Morgan fingerprint density at radius 1 is 1.46 bits per heavy atom. The van der Waals surface area contributed by atoms with Gasteiger partial charge < -0.3 is 4.42 Å². The van der Waals surface area contributed by atoms with Gasteiger partial charge >= 0.3 is 5.76 Å². The zero-order valence-corrected chi connectivity index (χ0v) is 6.40. The Hall–Kier alpha value is -2.13. The molecule has 2 rings (SSSR count). The standard InChI is InChI=1S/C8H4N2O3/c11-4-9-5-2-1-3-6-7(5)13-8(12)10-6/h1-3H,(H,10,12). The number of para-hydroxylation sites is 1. The van der Waals surface area contributed by atoms with Gasteiger partial charge in [0.05, 0.1) is 5.52 Å². The van der Waals surface area contributed by atoms with E-state index in [0.717, 1.165) is 0 Å². The fraction of sp³-hybridized carbons (Fsp3) is 0. The van der Waals surface area contributed by atoms with Gasteiger partial charge in [0.25, 0.3) is 0 Å². The van der Waals surface area contributed by atoms with Crippen LogP contribution in [0.4, 0.5) is 5.69 Å². The number of hydrogen-bond donors (Lipinski definition) is 1. The SMILES string of the molecule is O=C=Nc1cccc2[nH]c(=O)oc12. The van der Waals surface area contributed by atoms with Crippen molar-refractivity contribution in [1.29, 1.82) is 0 Å². The minimum absolute atomic E-state index is 0.274. The van der Waals surface area contributed by atoms with Gasteiger partial charge in [0.15, 0.2) is 5.58 Å². The van der Waals surface area contributed by atoms with E-state index in [2.05, 4.69) is 9.98 Å². The molecule has 1 heterocycles. The molecule has 0 radical (unpaired) electrons. The predicted octanol–water partition coefficient (Wildman–Crippen LogP) is 1.09. The number of fused-ring (bicyclic) bond motifs is 1. The lowest BCUT2D eigenvalue weighted by atomic mass is 10.3. The zero-order chi connectivity index (χ0) is 9.26. The minimum atomic E-state index is -0.566. The summed E-state index contributed by atoms with van der Waals surface area (Å²) in [4.78, 5) is 26.6. The molecule has 5 heteroatoms. The van der Waals surface area contributed by atoms with Crippen LogP contribution in [0, 0.1) is 0 Å². The number of carbonyl (C=O) groups excluding carboxylic acids is 1. The van der Waals surface area contributed by atoms with Gasteiger partial charge in [-0.05, 0) is 12.1 Å². The Labute approximate surface area is 71.7 Å². The normalized spacial score (nSPS) is 9.85.